The van der Waals surface area contributed by atoms with E-state index in [2.05, 4.69) is 16.6 Å². The third kappa shape index (κ3) is 4.58. The number of carbonyl (C=O) groups is 1. The Hall–Kier alpha value is -1.99. The Labute approximate surface area is 101 Å². The number of phenols is 1. The quantitative estimate of drug-likeness (QED) is 0.652. The van der Waals surface area contributed by atoms with E-state index in [9.17, 15) is 4.79 Å². The van der Waals surface area contributed by atoms with Gasteiger partial charge in [-0.2, -0.15) is 0 Å². The molecule has 4 heteroatoms. The molecule has 1 atom stereocenters. The summed E-state index contributed by atoms with van der Waals surface area (Å²) in [5, 5.41) is 14.8. The zero-order chi connectivity index (χ0) is 12.7. The molecular weight excluding hydrogens is 216 g/mol. The van der Waals surface area contributed by atoms with Crippen LogP contribution in [0, 0.1) is 12.3 Å². The van der Waals surface area contributed by atoms with Crippen LogP contribution in [0.5, 0.6) is 5.75 Å². The topological polar surface area (TPSA) is 61.4 Å². The van der Waals surface area contributed by atoms with Gasteiger partial charge in [0.25, 0.3) is 0 Å². The second kappa shape index (κ2) is 6.56. The predicted octanol–water partition coefficient (Wildman–Crippen LogP) is 0.620. The van der Waals surface area contributed by atoms with Crippen LogP contribution >= 0.6 is 0 Å². The largest absolute Gasteiger partial charge is 0.508 e. The van der Waals surface area contributed by atoms with Gasteiger partial charge in [0.15, 0.2) is 0 Å². The second-order valence-corrected chi connectivity index (χ2v) is 3.69. The van der Waals surface area contributed by atoms with Gasteiger partial charge < -0.3 is 15.7 Å². The Morgan fingerprint density at radius 3 is 2.71 bits per heavy atom. The van der Waals surface area contributed by atoms with Crippen LogP contribution in [0.1, 0.15) is 12.5 Å². The second-order valence-electron chi connectivity index (χ2n) is 3.69. The number of benzene rings is 1. The Balaban J connectivity index is 2.37. The maximum Gasteiger partial charge on any atom is 0.237 e. The number of phenolic OH excluding ortho intramolecular Hbond substituents is 1. The van der Waals surface area contributed by atoms with Crippen molar-refractivity contribution in [1.29, 1.82) is 0 Å². The number of aromatic hydroxyl groups is 1. The van der Waals surface area contributed by atoms with Gasteiger partial charge in [0, 0.05) is 6.54 Å². The van der Waals surface area contributed by atoms with Crippen LogP contribution in [0.3, 0.4) is 0 Å². The van der Waals surface area contributed by atoms with Gasteiger partial charge in [-0.05, 0) is 24.6 Å². The molecule has 0 aliphatic carbocycles. The molecule has 0 radical (unpaired) electrons. The minimum atomic E-state index is -0.308. The van der Waals surface area contributed by atoms with Gasteiger partial charge in [0.2, 0.25) is 5.91 Å². The predicted molar refractivity (Wildman–Crippen MR) is 66.3 cm³/mol. The van der Waals surface area contributed by atoms with Gasteiger partial charge in [-0.3, -0.25) is 4.79 Å². The van der Waals surface area contributed by atoms with Crippen molar-refractivity contribution >= 4 is 5.91 Å². The molecule has 1 unspecified atom stereocenters. The molecule has 1 amide bonds. The van der Waals surface area contributed by atoms with E-state index in [0.29, 0.717) is 6.54 Å². The maximum atomic E-state index is 11.5. The summed E-state index contributed by atoms with van der Waals surface area (Å²) >= 11 is 0. The highest BCUT2D eigenvalue weighted by Crippen LogP contribution is 2.09. The Bertz CT molecular complexity index is 406. The molecule has 90 valence electrons. The number of terminal acetylenes is 1. The lowest BCUT2D eigenvalue weighted by Gasteiger charge is -2.12. The molecule has 17 heavy (non-hydrogen) atoms. The van der Waals surface area contributed by atoms with Gasteiger partial charge in [-0.1, -0.05) is 18.1 Å². The van der Waals surface area contributed by atoms with Crippen molar-refractivity contribution in [2.45, 2.75) is 19.5 Å². The minimum Gasteiger partial charge on any atom is -0.508 e. The fraction of sp³-hybridized carbons (Fsp3) is 0.308. The summed E-state index contributed by atoms with van der Waals surface area (Å²) in [5.74, 6) is 2.45. The number of hydrogen-bond acceptors (Lipinski definition) is 3. The molecule has 1 rings (SSSR count). The molecule has 0 aliphatic rings. The van der Waals surface area contributed by atoms with Crippen molar-refractivity contribution in [2.75, 3.05) is 6.54 Å². The molecule has 0 heterocycles. The van der Waals surface area contributed by atoms with E-state index in [1.54, 1.807) is 31.2 Å². The molecule has 0 spiro atoms. The zero-order valence-electron chi connectivity index (χ0n) is 9.73. The van der Waals surface area contributed by atoms with Crippen LogP contribution in [-0.4, -0.2) is 23.6 Å². The van der Waals surface area contributed by atoms with Gasteiger partial charge in [-0.15, -0.1) is 6.42 Å². The molecule has 4 nitrogen and oxygen atoms in total. The average molecular weight is 232 g/mol. The van der Waals surface area contributed by atoms with Crippen LogP contribution < -0.4 is 10.6 Å². The van der Waals surface area contributed by atoms with Crippen molar-refractivity contribution in [2.24, 2.45) is 0 Å². The van der Waals surface area contributed by atoms with Crippen LogP contribution in [0.25, 0.3) is 0 Å². The van der Waals surface area contributed by atoms with E-state index in [1.807, 2.05) is 0 Å². The summed E-state index contributed by atoms with van der Waals surface area (Å²) in [6.07, 6.45) is 5.05. The van der Waals surface area contributed by atoms with Gasteiger partial charge in [-0.25, -0.2) is 0 Å². The minimum absolute atomic E-state index is 0.123. The number of nitrogens with one attached hydrogen (secondary N) is 2. The third-order valence-electron chi connectivity index (χ3n) is 2.31. The van der Waals surface area contributed by atoms with Crippen molar-refractivity contribution in [1.82, 2.24) is 10.6 Å². The first kappa shape index (κ1) is 13.1. The fourth-order valence-corrected chi connectivity index (χ4v) is 1.27. The first-order valence-electron chi connectivity index (χ1n) is 5.36. The monoisotopic (exact) mass is 232 g/mol. The summed E-state index contributed by atoms with van der Waals surface area (Å²) in [7, 11) is 0. The van der Waals surface area contributed by atoms with Crippen LogP contribution in [0.15, 0.2) is 24.3 Å². The molecule has 0 saturated heterocycles. The summed E-state index contributed by atoms with van der Waals surface area (Å²) < 4.78 is 0. The van der Waals surface area contributed by atoms with Gasteiger partial charge in [0.1, 0.15) is 5.75 Å². The SMILES string of the molecule is C#CCNC(=O)C(C)NCc1ccc(O)cc1. The Morgan fingerprint density at radius 2 is 2.12 bits per heavy atom. The molecular formula is C13H16N2O2. The Kier molecular flexibility index (Phi) is 5.05. The van der Waals surface area contributed by atoms with Crippen LogP contribution in [0.4, 0.5) is 0 Å². The standard InChI is InChI=1S/C13H16N2O2/c1-3-8-14-13(17)10(2)15-9-11-4-6-12(16)7-5-11/h1,4-7,10,15-16H,8-9H2,2H3,(H,14,17). The summed E-state index contributed by atoms with van der Waals surface area (Å²) in [6.45, 7) is 2.57. The van der Waals surface area contributed by atoms with Crippen molar-refractivity contribution in [3.63, 3.8) is 0 Å². The molecule has 0 fully saturated rings. The first-order chi connectivity index (χ1) is 8.13. The van der Waals surface area contributed by atoms with Gasteiger partial charge in [0.05, 0.1) is 12.6 Å². The highest BCUT2D eigenvalue weighted by molar-refractivity contribution is 5.81. The normalized spacial score (nSPS) is 11.5. The lowest BCUT2D eigenvalue weighted by Crippen LogP contribution is -2.41. The summed E-state index contributed by atoms with van der Waals surface area (Å²) in [6, 6.07) is 6.51. The molecule has 1 aromatic rings. The van der Waals surface area contributed by atoms with Crippen molar-refractivity contribution in [3.8, 4) is 18.1 Å². The van der Waals surface area contributed by atoms with Crippen molar-refractivity contribution < 1.29 is 9.90 Å². The highest BCUT2D eigenvalue weighted by Gasteiger charge is 2.10. The van der Waals surface area contributed by atoms with E-state index < -0.39 is 0 Å². The van der Waals surface area contributed by atoms with E-state index >= 15 is 0 Å². The lowest BCUT2D eigenvalue weighted by molar-refractivity contribution is -0.122. The summed E-state index contributed by atoms with van der Waals surface area (Å²) in [4.78, 5) is 11.5. The Morgan fingerprint density at radius 1 is 1.47 bits per heavy atom. The maximum absolute atomic E-state index is 11.5. The van der Waals surface area contributed by atoms with Crippen molar-refractivity contribution in [3.05, 3.63) is 29.8 Å². The van der Waals surface area contributed by atoms with Gasteiger partial charge >= 0.3 is 0 Å². The van der Waals surface area contributed by atoms with E-state index in [4.69, 9.17) is 11.5 Å². The van der Waals surface area contributed by atoms with E-state index in [-0.39, 0.29) is 24.2 Å². The van der Waals surface area contributed by atoms with Crippen LogP contribution in [-0.2, 0) is 11.3 Å². The molecule has 0 aromatic heterocycles. The third-order valence-corrected chi connectivity index (χ3v) is 2.31. The number of carbonyl (C=O) groups excluding carboxylic acids is 1. The molecule has 3 N–H and O–H groups in total. The number of amides is 1. The zero-order valence-corrected chi connectivity index (χ0v) is 9.73. The highest BCUT2D eigenvalue weighted by atomic mass is 16.3. The van der Waals surface area contributed by atoms with Crippen LogP contribution in [0.2, 0.25) is 0 Å². The molecule has 0 bridgehead atoms. The summed E-state index contributed by atoms with van der Waals surface area (Å²) in [5.41, 5.74) is 0.999. The molecule has 1 aromatic carbocycles. The fourth-order valence-electron chi connectivity index (χ4n) is 1.27. The number of hydrogen-bond donors (Lipinski definition) is 3. The van der Waals surface area contributed by atoms with E-state index in [0.717, 1.165) is 5.56 Å². The van der Waals surface area contributed by atoms with E-state index in [1.165, 1.54) is 0 Å². The smallest absolute Gasteiger partial charge is 0.237 e. The first-order valence-corrected chi connectivity index (χ1v) is 5.36. The number of rotatable bonds is 5. The molecule has 0 aliphatic heterocycles. The average Bonchev–Trinajstić information content (AvgIpc) is 2.34. The molecule has 0 saturated carbocycles. The lowest BCUT2D eigenvalue weighted by atomic mass is 10.2.